The van der Waals surface area contributed by atoms with Crippen LogP contribution >= 0.6 is 0 Å². The predicted octanol–water partition coefficient (Wildman–Crippen LogP) is 2.03. The van der Waals surface area contributed by atoms with Crippen LogP contribution in [0.25, 0.3) is 0 Å². The van der Waals surface area contributed by atoms with E-state index in [9.17, 15) is 4.79 Å². The third-order valence-electron chi connectivity index (χ3n) is 4.27. The number of hydrogen-bond donors (Lipinski definition) is 0. The summed E-state index contributed by atoms with van der Waals surface area (Å²) in [5.41, 5.74) is 0. The fraction of sp³-hybridized carbons (Fsp3) is 0.727. The number of carbonyl (C=O) groups excluding carboxylic acids is 1. The lowest BCUT2D eigenvalue weighted by molar-refractivity contribution is -0.116. The zero-order chi connectivity index (χ0) is 8.29. The van der Waals surface area contributed by atoms with Gasteiger partial charge in [-0.3, -0.25) is 4.79 Å². The van der Waals surface area contributed by atoms with E-state index in [4.69, 9.17) is 0 Å². The van der Waals surface area contributed by atoms with Gasteiger partial charge in [0.15, 0.2) is 5.78 Å². The van der Waals surface area contributed by atoms with Crippen molar-refractivity contribution in [1.82, 2.24) is 0 Å². The molecule has 2 bridgehead atoms. The molecular formula is C11H14O. The Hall–Kier alpha value is -0.590. The fourth-order valence-electron chi connectivity index (χ4n) is 3.84. The predicted molar refractivity (Wildman–Crippen MR) is 46.5 cm³/mol. The molecule has 0 aromatic heterocycles. The van der Waals surface area contributed by atoms with Gasteiger partial charge in [-0.1, -0.05) is 6.58 Å². The highest BCUT2D eigenvalue weighted by Crippen LogP contribution is 2.69. The van der Waals surface area contributed by atoms with E-state index < -0.39 is 0 Å². The average Bonchev–Trinajstić information content (AvgIpc) is 2.53. The highest BCUT2D eigenvalue weighted by atomic mass is 16.1. The molecule has 0 aromatic carbocycles. The lowest BCUT2D eigenvalue weighted by Crippen LogP contribution is -2.06. The molecule has 64 valence electrons. The highest BCUT2D eigenvalue weighted by Gasteiger charge is 2.66. The Kier molecular flexibility index (Phi) is 1.15. The smallest absolute Gasteiger partial charge is 0.158 e. The van der Waals surface area contributed by atoms with Crippen molar-refractivity contribution in [2.75, 3.05) is 0 Å². The van der Waals surface area contributed by atoms with Gasteiger partial charge in [0, 0.05) is 5.92 Å². The van der Waals surface area contributed by atoms with Crippen LogP contribution in [0.4, 0.5) is 0 Å². The van der Waals surface area contributed by atoms with Crippen molar-refractivity contribution < 1.29 is 4.79 Å². The van der Waals surface area contributed by atoms with Gasteiger partial charge in [-0.2, -0.15) is 0 Å². The zero-order valence-corrected chi connectivity index (χ0v) is 7.20. The number of hydrogen-bond acceptors (Lipinski definition) is 1. The maximum Gasteiger partial charge on any atom is 0.158 e. The van der Waals surface area contributed by atoms with E-state index in [0.29, 0.717) is 11.7 Å². The second-order valence-corrected chi connectivity index (χ2v) is 4.62. The largest absolute Gasteiger partial charge is 0.295 e. The Labute approximate surface area is 72.8 Å². The Bertz CT molecular complexity index is 240. The molecule has 12 heavy (non-hydrogen) atoms. The van der Waals surface area contributed by atoms with Crippen LogP contribution in [-0.4, -0.2) is 5.78 Å². The number of allylic oxidation sites excluding steroid dienone is 1. The van der Waals surface area contributed by atoms with Crippen molar-refractivity contribution in [3.05, 3.63) is 12.7 Å². The summed E-state index contributed by atoms with van der Waals surface area (Å²) >= 11 is 0. The molecule has 4 unspecified atom stereocenters. The van der Waals surface area contributed by atoms with Crippen LogP contribution in [0.2, 0.25) is 0 Å². The molecule has 3 fully saturated rings. The summed E-state index contributed by atoms with van der Waals surface area (Å²) in [6.07, 6.45) is 5.75. The second kappa shape index (κ2) is 2.01. The molecule has 0 aromatic rings. The number of rotatable bonds is 2. The minimum absolute atomic E-state index is 0.321. The number of carbonyl (C=O) groups is 1. The molecule has 4 atom stereocenters. The van der Waals surface area contributed by atoms with Crippen molar-refractivity contribution in [1.29, 1.82) is 0 Å². The Morgan fingerprint density at radius 2 is 1.83 bits per heavy atom. The topological polar surface area (TPSA) is 17.1 Å². The molecule has 0 saturated heterocycles. The molecule has 3 rings (SSSR count). The van der Waals surface area contributed by atoms with Crippen LogP contribution < -0.4 is 0 Å². The van der Waals surface area contributed by atoms with Crippen LogP contribution in [0.1, 0.15) is 19.3 Å². The third-order valence-corrected chi connectivity index (χ3v) is 4.27. The standard InChI is InChI=1S/C11H14O/c1-2-8(12)11-9-6-3-4-7(5-6)10(9)11/h2,6-7,9-11H,1,3-5H2. The Morgan fingerprint density at radius 1 is 1.25 bits per heavy atom. The highest BCUT2D eigenvalue weighted by molar-refractivity contribution is 5.94. The van der Waals surface area contributed by atoms with E-state index in [0.717, 1.165) is 23.7 Å². The SMILES string of the molecule is C=CC(=O)C1C2C3CCC(C3)C12. The third kappa shape index (κ3) is 0.634. The van der Waals surface area contributed by atoms with Crippen molar-refractivity contribution >= 4 is 5.78 Å². The van der Waals surface area contributed by atoms with Crippen LogP contribution in [0.3, 0.4) is 0 Å². The van der Waals surface area contributed by atoms with Gasteiger partial charge in [0.05, 0.1) is 0 Å². The molecule has 0 heterocycles. The van der Waals surface area contributed by atoms with Gasteiger partial charge in [0.1, 0.15) is 0 Å². The van der Waals surface area contributed by atoms with Crippen LogP contribution in [0.5, 0.6) is 0 Å². The van der Waals surface area contributed by atoms with Gasteiger partial charge in [-0.15, -0.1) is 0 Å². The number of fused-ring (bicyclic) bond motifs is 5. The van der Waals surface area contributed by atoms with E-state index in [-0.39, 0.29) is 0 Å². The van der Waals surface area contributed by atoms with Gasteiger partial charge in [-0.05, 0) is 49.0 Å². The second-order valence-electron chi connectivity index (χ2n) is 4.62. The van der Waals surface area contributed by atoms with E-state index >= 15 is 0 Å². The van der Waals surface area contributed by atoms with E-state index in [1.54, 1.807) is 0 Å². The first-order valence-electron chi connectivity index (χ1n) is 4.99. The monoisotopic (exact) mass is 162 g/mol. The van der Waals surface area contributed by atoms with Crippen LogP contribution in [0, 0.1) is 29.6 Å². The molecule has 3 saturated carbocycles. The summed E-state index contributed by atoms with van der Waals surface area (Å²) in [4.78, 5) is 11.4. The van der Waals surface area contributed by atoms with Crippen LogP contribution in [0.15, 0.2) is 12.7 Å². The summed E-state index contributed by atoms with van der Waals surface area (Å²) < 4.78 is 0. The molecule has 0 radical (unpaired) electrons. The number of ketones is 1. The van der Waals surface area contributed by atoms with Gasteiger partial charge in [-0.25, -0.2) is 0 Å². The van der Waals surface area contributed by atoms with Crippen molar-refractivity contribution in [2.24, 2.45) is 29.6 Å². The fourth-order valence-corrected chi connectivity index (χ4v) is 3.84. The Morgan fingerprint density at radius 3 is 2.33 bits per heavy atom. The van der Waals surface area contributed by atoms with Crippen molar-refractivity contribution in [3.8, 4) is 0 Å². The molecule has 3 aliphatic rings. The first kappa shape index (κ1) is 6.88. The van der Waals surface area contributed by atoms with Crippen LogP contribution in [-0.2, 0) is 4.79 Å². The molecule has 0 aliphatic heterocycles. The molecular weight excluding hydrogens is 148 g/mol. The van der Waals surface area contributed by atoms with Gasteiger partial charge >= 0.3 is 0 Å². The summed E-state index contributed by atoms with van der Waals surface area (Å²) in [7, 11) is 0. The quantitative estimate of drug-likeness (QED) is 0.568. The maximum atomic E-state index is 11.4. The van der Waals surface area contributed by atoms with Gasteiger partial charge in [0.2, 0.25) is 0 Å². The summed E-state index contributed by atoms with van der Waals surface area (Å²) in [6.45, 7) is 3.57. The molecule has 1 heteroatoms. The summed E-state index contributed by atoms with van der Waals surface area (Å²) in [5.74, 6) is 4.13. The minimum Gasteiger partial charge on any atom is -0.295 e. The first-order valence-corrected chi connectivity index (χ1v) is 4.99. The molecule has 0 amide bonds. The molecule has 0 spiro atoms. The van der Waals surface area contributed by atoms with E-state index in [1.165, 1.54) is 25.3 Å². The van der Waals surface area contributed by atoms with E-state index in [1.807, 2.05) is 0 Å². The van der Waals surface area contributed by atoms with Gasteiger partial charge in [0.25, 0.3) is 0 Å². The first-order chi connectivity index (χ1) is 5.83. The van der Waals surface area contributed by atoms with Crippen molar-refractivity contribution in [3.63, 3.8) is 0 Å². The maximum absolute atomic E-state index is 11.4. The molecule has 3 aliphatic carbocycles. The summed E-state index contributed by atoms with van der Waals surface area (Å²) in [6, 6.07) is 0. The van der Waals surface area contributed by atoms with Crippen molar-refractivity contribution in [2.45, 2.75) is 19.3 Å². The van der Waals surface area contributed by atoms with Gasteiger partial charge < -0.3 is 0 Å². The Balaban J connectivity index is 1.82. The molecule has 1 nitrogen and oxygen atoms in total. The lowest BCUT2D eigenvalue weighted by Gasteiger charge is -2.04. The minimum atomic E-state index is 0.321. The lowest BCUT2D eigenvalue weighted by atomic mass is 10.00. The zero-order valence-electron chi connectivity index (χ0n) is 7.20. The normalized spacial score (nSPS) is 53.5. The summed E-state index contributed by atoms with van der Waals surface area (Å²) in [5, 5.41) is 0. The average molecular weight is 162 g/mol. The molecule has 0 N–H and O–H groups in total. The van der Waals surface area contributed by atoms with E-state index in [2.05, 4.69) is 6.58 Å².